The number of aryl methyl sites for hydroxylation is 2. The van der Waals surface area contributed by atoms with Crippen molar-refractivity contribution in [2.45, 2.75) is 73.4 Å². The molecule has 2 aromatic heterocycles. The standard InChI is InChI=1S/C17H28N4O2/c1-6-8-10-20-14-13(15(22)19-16(20)23)21(11-17(3,4)5)12(18-14)9-7-2/h6-11H2,1-5H3,(H,19,22,23). The van der Waals surface area contributed by atoms with Gasteiger partial charge in [0.2, 0.25) is 0 Å². The van der Waals surface area contributed by atoms with Crippen molar-refractivity contribution in [1.29, 1.82) is 0 Å². The average Bonchev–Trinajstić information content (AvgIpc) is 2.76. The first-order valence-electron chi connectivity index (χ1n) is 8.50. The lowest BCUT2D eigenvalue weighted by molar-refractivity contribution is 0.342. The molecule has 6 heteroatoms. The Hall–Kier alpha value is -1.85. The van der Waals surface area contributed by atoms with Crippen molar-refractivity contribution < 1.29 is 0 Å². The van der Waals surface area contributed by atoms with Crippen LogP contribution in [0.5, 0.6) is 0 Å². The van der Waals surface area contributed by atoms with Crippen molar-refractivity contribution in [2.24, 2.45) is 5.41 Å². The highest BCUT2D eigenvalue weighted by Crippen LogP contribution is 2.22. The van der Waals surface area contributed by atoms with E-state index in [1.165, 1.54) is 0 Å². The molecule has 0 amide bonds. The second-order valence-corrected chi connectivity index (χ2v) is 7.36. The van der Waals surface area contributed by atoms with Crippen molar-refractivity contribution in [3.63, 3.8) is 0 Å². The molecule has 23 heavy (non-hydrogen) atoms. The largest absolute Gasteiger partial charge is 0.330 e. The van der Waals surface area contributed by atoms with Gasteiger partial charge >= 0.3 is 5.69 Å². The number of H-pyrrole nitrogens is 1. The van der Waals surface area contributed by atoms with Crippen molar-refractivity contribution in [1.82, 2.24) is 19.1 Å². The molecular weight excluding hydrogens is 292 g/mol. The van der Waals surface area contributed by atoms with E-state index in [1.54, 1.807) is 4.57 Å². The van der Waals surface area contributed by atoms with Gasteiger partial charge in [0, 0.05) is 19.5 Å². The molecule has 0 aromatic carbocycles. The van der Waals surface area contributed by atoms with E-state index >= 15 is 0 Å². The molecule has 0 saturated carbocycles. The van der Waals surface area contributed by atoms with Crippen molar-refractivity contribution in [2.75, 3.05) is 0 Å². The van der Waals surface area contributed by atoms with Crippen molar-refractivity contribution in [3.8, 4) is 0 Å². The quantitative estimate of drug-likeness (QED) is 0.889. The number of hydrogen-bond donors (Lipinski definition) is 1. The van der Waals surface area contributed by atoms with Gasteiger partial charge in [-0.15, -0.1) is 0 Å². The summed E-state index contributed by atoms with van der Waals surface area (Å²) < 4.78 is 3.61. The lowest BCUT2D eigenvalue weighted by atomic mass is 9.96. The summed E-state index contributed by atoms with van der Waals surface area (Å²) in [4.78, 5) is 31.7. The van der Waals surface area contributed by atoms with Crippen molar-refractivity contribution >= 4 is 11.2 Å². The van der Waals surface area contributed by atoms with Gasteiger partial charge in [-0.05, 0) is 18.3 Å². The third kappa shape index (κ3) is 3.74. The number of nitrogens with zero attached hydrogens (tertiary/aromatic N) is 3. The van der Waals surface area contributed by atoms with E-state index < -0.39 is 0 Å². The van der Waals surface area contributed by atoms with Gasteiger partial charge in [-0.25, -0.2) is 9.78 Å². The van der Waals surface area contributed by atoms with Crippen LogP contribution in [0.15, 0.2) is 9.59 Å². The Morgan fingerprint density at radius 1 is 1.09 bits per heavy atom. The minimum Gasteiger partial charge on any atom is -0.322 e. The van der Waals surface area contributed by atoms with Crippen LogP contribution >= 0.6 is 0 Å². The fourth-order valence-corrected chi connectivity index (χ4v) is 2.80. The second kappa shape index (κ2) is 6.72. The minimum atomic E-state index is -0.362. The van der Waals surface area contributed by atoms with E-state index in [2.05, 4.69) is 44.6 Å². The lowest BCUT2D eigenvalue weighted by Crippen LogP contribution is -2.31. The Morgan fingerprint density at radius 3 is 2.35 bits per heavy atom. The predicted octanol–water partition coefficient (Wildman–Crippen LogP) is 2.69. The first kappa shape index (κ1) is 17.5. The highest BCUT2D eigenvalue weighted by molar-refractivity contribution is 5.71. The Balaban J connectivity index is 2.74. The summed E-state index contributed by atoms with van der Waals surface area (Å²) in [5, 5.41) is 0. The van der Waals surface area contributed by atoms with Gasteiger partial charge in [0.05, 0.1) is 0 Å². The molecule has 128 valence electrons. The van der Waals surface area contributed by atoms with E-state index in [-0.39, 0.29) is 16.7 Å². The molecule has 0 radical (unpaired) electrons. The van der Waals surface area contributed by atoms with Crippen LogP contribution < -0.4 is 11.2 Å². The Morgan fingerprint density at radius 2 is 1.78 bits per heavy atom. The van der Waals surface area contributed by atoms with Gasteiger partial charge in [-0.3, -0.25) is 14.3 Å². The van der Waals surface area contributed by atoms with E-state index in [0.717, 1.165) is 31.5 Å². The van der Waals surface area contributed by atoms with Gasteiger partial charge in [-0.1, -0.05) is 41.0 Å². The average molecular weight is 320 g/mol. The zero-order chi connectivity index (χ0) is 17.2. The van der Waals surface area contributed by atoms with Crippen LogP contribution in [0.4, 0.5) is 0 Å². The summed E-state index contributed by atoms with van der Waals surface area (Å²) in [5.41, 5.74) is 0.377. The van der Waals surface area contributed by atoms with Gasteiger partial charge in [-0.2, -0.15) is 0 Å². The van der Waals surface area contributed by atoms with E-state index in [0.29, 0.717) is 24.3 Å². The molecule has 0 aliphatic rings. The van der Waals surface area contributed by atoms with E-state index in [9.17, 15) is 9.59 Å². The number of aromatic nitrogens is 4. The molecule has 0 saturated heterocycles. The van der Waals surface area contributed by atoms with E-state index in [1.807, 2.05) is 4.57 Å². The van der Waals surface area contributed by atoms with Crippen LogP contribution in [0.3, 0.4) is 0 Å². The first-order valence-corrected chi connectivity index (χ1v) is 8.50. The molecule has 0 unspecified atom stereocenters. The minimum absolute atomic E-state index is 0.0208. The maximum absolute atomic E-state index is 12.4. The van der Waals surface area contributed by atoms with Crippen LogP contribution in [-0.4, -0.2) is 19.1 Å². The normalized spacial score (nSPS) is 12.2. The summed E-state index contributed by atoms with van der Waals surface area (Å²) in [6.45, 7) is 11.9. The molecule has 0 aliphatic heterocycles. The monoisotopic (exact) mass is 320 g/mol. The van der Waals surface area contributed by atoms with Crippen LogP contribution in [0.2, 0.25) is 0 Å². The summed E-state index contributed by atoms with van der Waals surface area (Å²) >= 11 is 0. The Labute approximate surface area is 136 Å². The molecule has 2 rings (SSSR count). The van der Waals surface area contributed by atoms with Crippen LogP contribution in [0, 0.1) is 5.41 Å². The molecule has 0 aliphatic carbocycles. The molecule has 0 bridgehead atoms. The zero-order valence-corrected chi connectivity index (χ0v) is 14.9. The summed E-state index contributed by atoms with van der Waals surface area (Å²) in [5.74, 6) is 0.888. The molecular formula is C17H28N4O2. The second-order valence-electron chi connectivity index (χ2n) is 7.36. The zero-order valence-electron chi connectivity index (χ0n) is 14.9. The van der Waals surface area contributed by atoms with Crippen molar-refractivity contribution in [3.05, 3.63) is 26.7 Å². The summed E-state index contributed by atoms with van der Waals surface area (Å²) in [6.07, 6.45) is 3.62. The SMILES string of the molecule is CCCCn1c(=O)[nH]c(=O)c2c1nc(CCC)n2CC(C)(C)C. The smallest absolute Gasteiger partial charge is 0.322 e. The fourth-order valence-electron chi connectivity index (χ4n) is 2.80. The molecule has 2 aromatic rings. The lowest BCUT2D eigenvalue weighted by Gasteiger charge is -2.20. The van der Waals surface area contributed by atoms with Crippen LogP contribution in [0.1, 0.15) is 59.7 Å². The first-order chi connectivity index (χ1) is 10.8. The number of aromatic amines is 1. The molecule has 0 spiro atoms. The van der Waals surface area contributed by atoms with Crippen LogP contribution in [0.25, 0.3) is 11.2 Å². The van der Waals surface area contributed by atoms with E-state index in [4.69, 9.17) is 0 Å². The maximum Gasteiger partial charge on any atom is 0.330 e. The van der Waals surface area contributed by atoms with Gasteiger partial charge in [0.15, 0.2) is 11.2 Å². The third-order valence-electron chi connectivity index (χ3n) is 3.81. The van der Waals surface area contributed by atoms with Gasteiger partial charge in [0.25, 0.3) is 5.56 Å². The predicted molar refractivity (Wildman–Crippen MR) is 93.0 cm³/mol. The van der Waals surface area contributed by atoms with Gasteiger partial charge < -0.3 is 4.57 Å². The highest BCUT2D eigenvalue weighted by Gasteiger charge is 2.21. The number of rotatable bonds is 6. The number of fused-ring (bicyclic) bond motifs is 1. The summed E-state index contributed by atoms with van der Waals surface area (Å²) in [6, 6.07) is 0. The molecule has 0 atom stereocenters. The number of imidazole rings is 1. The molecule has 0 fully saturated rings. The number of hydrogen-bond acceptors (Lipinski definition) is 3. The van der Waals surface area contributed by atoms with Gasteiger partial charge in [0.1, 0.15) is 5.82 Å². The third-order valence-corrected chi connectivity index (χ3v) is 3.81. The maximum atomic E-state index is 12.4. The summed E-state index contributed by atoms with van der Waals surface area (Å²) in [7, 11) is 0. The Kier molecular flexibility index (Phi) is 5.12. The topological polar surface area (TPSA) is 72.7 Å². The number of unbranched alkanes of at least 4 members (excludes halogenated alkanes) is 1. The molecule has 1 N–H and O–H groups in total. The molecule has 2 heterocycles. The number of nitrogens with one attached hydrogen (secondary N) is 1. The molecule has 6 nitrogen and oxygen atoms in total. The Bertz CT molecular complexity index is 790. The fraction of sp³-hybridized carbons (Fsp3) is 0.706. The van der Waals surface area contributed by atoms with Crippen LogP contribution in [-0.2, 0) is 19.5 Å². The highest BCUT2D eigenvalue weighted by atomic mass is 16.2.